The standard InChI is InChI=1S/C12HClF8/c13-6-11(20)9(18)5(10(19)12(6)21)4-7(16)2(14)1-3(15)8(4)17/h1H. The lowest BCUT2D eigenvalue weighted by Gasteiger charge is -2.11. The van der Waals surface area contributed by atoms with E-state index in [-0.39, 0.29) is 6.07 Å². The lowest BCUT2D eigenvalue weighted by atomic mass is 10.0. The second-order valence-electron chi connectivity index (χ2n) is 3.79. The highest BCUT2D eigenvalue weighted by atomic mass is 35.5. The molecule has 0 saturated heterocycles. The molecule has 0 amide bonds. The van der Waals surface area contributed by atoms with Crippen molar-refractivity contribution in [2.75, 3.05) is 0 Å². The Morgan fingerprint density at radius 3 is 1.24 bits per heavy atom. The second-order valence-corrected chi connectivity index (χ2v) is 4.17. The van der Waals surface area contributed by atoms with Crippen molar-refractivity contribution in [1.82, 2.24) is 0 Å². The highest BCUT2D eigenvalue weighted by Gasteiger charge is 2.31. The Hall–Kier alpha value is -1.83. The van der Waals surface area contributed by atoms with Crippen LogP contribution in [-0.2, 0) is 0 Å². The van der Waals surface area contributed by atoms with Gasteiger partial charge in [0.25, 0.3) is 0 Å². The summed E-state index contributed by atoms with van der Waals surface area (Å²) in [6, 6.07) is -0.230. The van der Waals surface area contributed by atoms with Gasteiger partial charge in [0.15, 0.2) is 46.5 Å². The summed E-state index contributed by atoms with van der Waals surface area (Å²) >= 11 is 4.92. The summed E-state index contributed by atoms with van der Waals surface area (Å²) in [5.74, 6) is -17.3. The normalized spacial score (nSPS) is 11.1. The first-order valence-electron chi connectivity index (χ1n) is 5.03. The first kappa shape index (κ1) is 15.6. The number of rotatable bonds is 1. The summed E-state index contributed by atoms with van der Waals surface area (Å²) < 4.78 is 107. The molecular formula is C12HClF8. The van der Waals surface area contributed by atoms with Crippen LogP contribution < -0.4 is 0 Å². The van der Waals surface area contributed by atoms with Crippen LogP contribution in [0.25, 0.3) is 11.1 Å². The molecule has 0 aliphatic rings. The van der Waals surface area contributed by atoms with E-state index in [9.17, 15) is 35.1 Å². The predicted molar refractivity (Wildman–Crippen MR) is 56.6 cm³/mol. The Balaban J connectivity index is 3.00. The van der Waals surface area contributed by atoms with Crippen molar-refractivity contribution >= 4 is 11.6 Å². The quantitative estimate of drug-likeness (QED) is 0.386. The maximum atomic E-state index is 13.6. The van der Waals surface area contributed by atoms with Gasteiger partial charge in [0.1, 0.15) is 5.02 Å². The van der Waals surface area contributed by atoms with E-state index < -0.39 is 62.7 Å². The van der Waals surface area contributed by atoms with Gasteiger partial charge in [-0.05, 0) is 0 Å². The first-order valence-corrected chi connectivity index (χ1v) is 5.41. The zero-order chi connectivity index (χ0) is 16.1. The molecule has 0 saturated carbocycles. The second kappa shape index (κ2) is 5.18. The molecule has 0 spiro atoms. The van der Waals surface area contributed by atoms with Crippen molar-refractivity contribution in [1.29, 1.82) is 0 Å². The van der Waals surface area contributed by atoms with Gasteiger partial charge in [-0.3, -0.25) is 0 Å². The fraction of sp³-hybridized carbons (Fsp3) is 0. The summed E-state index contributed by atoms with van der Waals surface area (Å²) in [7, 11) is 0. The molecule has 9 heteroatoms. The minimum Gasteiger partial charge on any atom is -0.204 e. The molecule has 0 fully saturated rings. The molecule has 21 heavy (non-hydrogen) atoms. The average molecular weight is 333 g/mol. The summed E-state index contributed by atoms with van der Waals surface area (Å²) in [5, 5.41) is -1.61. The minimum atomic E-state index is -2.29. The largest absolute Gasteiger partial charge is 0.204 e. The van der Waals surface area contributed by atoms with E-state index in [1.165, 1.54) is 0 Å². The zero-order valence-electron chi connectivity index (χ0n) is 9.48. The van der Waals surface area contributed by atoms with Crippen molar-refractivity contribution in [3.8, 4) is 11.1 Å². The van der Waals surface area contributed by atoms with Crippen molar-refractivity contribution in [2.45, 2.75) is 0 Å². The van der Waals surface area contributed by atoms with Gasteiger partial charge in [-0.25, -0.2) is 35.1 Å². The zero-order valence-corrected chi connectivity index (χ0v) is 10.2. The third-order valence-corrected chi connectivity index (χ3v) is 2.90. The van der Waals surface area contributed by atoms with Gasteiger partial charge >= 0.3 is 0 Å². The molecular weight excluding hydrogens is 332 g/mol. The van der Waals surface area contributed by atoms with E-state index in [1.54, 1.807) is 0 Å². The third kappa shape index (κ3) is 2.23. The molecule has 0 nitrogen and oxygen atoms in total. The van der Waals surface area contributed by atoms with Crippen LogP contribution in [0.5, 0.6) is 0 Å². The molecule has 0 aromatic heterocycles. The van der Waals surface area contributed by atoms with Crippen LogP contribution in [0.2, 0.25) is 5.02 Å². The van der Waals surface area contributed by atoms with Crippen molar-refractivity contribution in [3.63, 3.8) is 0 Å². The molecule has 0 aliphatic heterocycles. The van der Waals surface area contributed by atoms with E-state index in [0.29, 0.717) is 0 Å². The monoisotopic (exact) mass is 332 g/mol. The van der Waals surface area contributed by atoms with Crippen LogP contribution >= 0.6 is 11.6 Å². The van der Waals surface area contributed by atoms with Gasteiger partial charge < -0.3 is 0 Å². The summed E-state index contributed by atoms with van der Waals surface area (Å²) in [4.78, 5) is 0. The Kier molecular flexibility index (Phi) is 3.83. The Bertz CT molecular complexity index is 701. The average Bonchev–Trinajstić information content (AvgIpc) is 2.44. The molecule has 2 rings (SSSR count). The van der Waals surface area contributed by atoms with E-state index in [0.717, 1.165) is 0 Å². The van der Waals surface area contributed by atoms with Gasteiger partial charge in [0.05, 0.1) is 11.1 Å². The van der Waals surface area contributed by atoms with Crippen molar-refractivity contribution in [2.24, 2.45) is 0 Å². The van der Waals surface area contributed by atoms with Crippen LogP contribution in [0.15, 0.2) is 6.07 Å². The Labute approximate surface area is 116 Å². The number of benzene rings is 2. The Morgan fingerprint density at radius 1 is 0.524 bits per heavy atom. The van der Waals surface area contributed by atoms with Crippen LogP contribution in [-0.4, -0.2) is 0 Å². The molecule has 0 atom stereocenters. The predicted octanol–water partition coefficient (Wildman–Crippen LogP) is 5.12. The van der Waals surface area contributed by atoms with Crippen molar-refractivity contribution < 1.29 is 35.1 Å². The number of hydrogen-bond donors (Lipinski definition) is 0. The molecule has 112 valence electrons. The van der Waals surface area contributed by atoms with E-state index >= 15 is 0 Å². The van der Waals surface area contributed by atoms with Crippen molar-refractivity contribution in [3.05, 3.63) is 57.6 Å². The maximum Gasteiger partial charge on any atom is 0.181 e. The smallest absolute Gasteiger partial charge is 0.181 e. The number of hydrogen-bond acceptors (Lipinski definition) is 0. The lowest BCUT2D eigenvalue weighted by Crippen LogP contribution is -2.06. The van der Waals surface area contributed by atoms with Gasteiger partial charge in [-0.2, -0.15) is 0 Å². The van der Waals surface area contributed by atoms with Gasteiger partial charge in [-0.15, -0.1) is 0 Å². The maximum absolute atomic E-state index is 13.6. The summed E-state index contributed by atoms with van der Waals surface area (Å²) in [6.45, 7) is 0. The molecule has 0 bridgehead atoms. The molecule has 0 aliphatic carbocycles. The van der Waals surface area contributed by atoms with Crippen LogP contribution in [0, 0.1) is 46.5 Å². The highest BCUT2D eigenvalue weighted by molar-refractivity contribution is 6.31. The summed E-state index contributed by atoms with van der Waals surface area (Å²) in [5.41, 5.74) is -3.86. The highest BCUT2D eigenvalue weighted by Crippen LogP contribution is 2.37. The summed E-state index contributed by atoms with van der Waals surface area (Å²) in [6.07, 6.45) is 0. The lowest BCUT2D eigenvalue weighted by molar-refractivity contribution is 0.442. The van der Waals surface area contributed by atoms with Gasteiger partial charge in [0.2, 0.25) is 0 Å². The molecule has 0 radical (unpaired) electrons. The van der Waals surface area contributed by atoms with Crippen LogP contribution in [0.1, 0.15) is 0 Å². The fourth-order valence-corrected chi connectivity index (χ4v) is 1.78. The van der Waals surface area contributed by atoms with E-state index in [1.807, 2.05) is 0 Å². The number of halogens is 9. The first-order chi connectivity index (χ1) is 9.68. The molecule has 2 aromatic rings. The Morgan fingerprint density at radius 2 is 0.857 bits per heavy atom. The molecule has 0 heterocycles. The SMILES string of the molecule is Fc1cc(F)c(F)c(-c2c(F)c(F)c(Cl)c(F)c2F)c1F. The molecule has 0 N–H and O–H groups in total. The fourth-order valence-electron chi connectivity index (χ4n) is 1.62. The van der Waals surface area contributed by atoms with E-state index in [4.69, 9.17) is 11.6 Å². The third-order valence-electron chi connectivity index (χ3n) is 2.57. The minimum absolute atomic E-state index is 0.230. The molecule has 2 aromatic carbocycles. The van der Waals surface area contributed by atoms with E-state index in [2.05, 4.69) is 0 Å². The van der Waals surface area contributed by atoms with Crippen LogP contribution in [0.3, 0.4) is 0 Å². The van der Waals surface area contributed by atoms with Gasteiger partial charge in [0, 0.05) is 6.07 Å². The topological polar surface area (TPSA) is 0 Å². The van der Waals surface area contributed by atoms with Crippen LogP contribution in [0.4, 0.5) is 35.1 Å². The van der Waals surface area contributed by atoms with Gasteiger partial charge in [-0.1, -0.05) is 11.6 Å². The molecule has 0 unspecified atom stereocenters.